The molecule has 5 aliphatic carbocycles. The van der Waals surface area contributed by atoms with Gasteiger partial charge in [-0.05, 0) is 93.6 Å². The SMILES string of the molecule is O=C1CC[C@@]2(O)[C@H]3Cc4ccc(O)c5c4[C@@]2(CCN3)[C@H]1O5.O=C1CC[C@@]2(O)[C@H]3Cc4ccc(O)c5c4[C@@]2(CCN3CC2CC2)[C@H]1O5. The highest BCUT2D eigenvalue weighted by molar-refractivity contribution is 5.91. The first-order valence-electron chi connectivity index (χ1n) is 17.1. The van der Waals surface area contributed by atoms with E-state index in [9.17, 15) is 30.0 Å². The van der Waals surface area contributed by atoms with Crippen molar-refractivity contribution in [3.05, 3.63) is 46.5 Å². The summed E-state index contributed by atoms with van der Waals surface area (Å²) in [5.41, 5.74) is 0.785. The standard InChI is InChI=1S/C20H23NO4.C16H17NO4/c22-13-4-3-12-9-15-20(24)6-5-14(23)18-19(20,16(12)17(13)25-18)7-8-21(15)10-11-1-2-11;18-9-2-1-8-7-11-16(20)4-3-10(19)14-15(16,5-6-17-11)12(8)13(9)21-14/h3-4,11,15,18,22,24H,1-2,5-10H2;1-2,11,14,17-18,20H,3-7H2/t15-,18+,19+,20-;11-,14+,15+,16-/m11/s1. The van der Waals surface area contributed by atoms with E-state index in [1.165, 1.54) is 12.8 Å². The van der Waals surface area contributed by atoms with Gasteiger partial charge in [-0.3, -0.25) is 14.5 Å². The molecule has 2 aromatic rings. The Morgan fingerprint density at radius 1 is 0.783 bits per heavy atom. The lowest BCUT2D eigenvalue weighted by atomic mass is 9.49. The van der Waals surface area contributed by atoms with Crippen LogP contribution in [0.15, 0.2) is 24.3 Å². The molecule has 3 saturated carbocycles. The summed E-state index contributed by atoms with van der Waals surface area (Å²) in [6.07, 6.45) is 5.87. The van der Waals surface area contributed by atoms with Crippen molar-refractivity contribution >= 4 is 11.6 Å². The topological polar surface area (TPSA) is 149 Å². The van der Waals surface area contributed by atoms with Crippen LogP contribution in [0.1, 0.15) is 73.6 Å². The van der Waals surface area contributed by atoms with Gasteiger partial charge in [-0.25, -0.2) is 0 Å². The van der Waals surface area contributed by atoms with Crippen molar-refractivity contribution in [2.75, 3.05) is 19.6 Å². The van der Waals surface area contributed by atoms with E-state index in [4.69, 9.17) is 9.47 Å². The van der Waals surface area contributed by atoms with Gasteiger partial charge in [0.2, 0.25) is 0 Å². The van der Waals surface area contributed by atoms with Crippen LogP contribution in [0.2, 0.25) is 0 Å². The van der Waals surface area contributed by atoms with Crippen LogP contribution in [0.4, 0.5) is 0 Å². The number of hydrogen-bond acceptors (Lipinski definition) is 10. The van der Waals surface area contributed by atoms with Gasteiger partial charge in [-0.2, -0.15) is 0 Å². The number of aliphatic hydroxyl groups is 2. The molecule has 5 fully saturated rings. The summed E-state index contributed by atoms with van der Waals surface area (Å²) in [6, 6.07) is 7.18. The van der Waals surface area contributed by atoms with Crippen molar-refractivity contribution in [2.24, 2.45) is 5.92 Å². The normalized spacial score (nSPS) is 41.9. The highest BCUT2D eigenvalue weighted by Crippen LogP contribution is 2.66. The number of benzene rings is 2. The van der Waals surface area contributed by atoms with Gasteiger partial charge < -0.3 is 35.2 Å². The van der Waals surface area contributed by atoms with Crippen LogP contribution in [0.3, 0.4) is 0 Å². The zero-order valence-electron chi connectivity index (χ0n) is 25.8. The zero-order valence-corrected chi connectivity index (χ0v) is 25.8. The number of likely N-dealkylation sites (tertiary alicyclic amines) is 1. The Labute approximate surface area is 266 Å². The summed E-state index contributed by atoms with van der Waals surface area (Å²) in [4.78, 5) is 27.6. The number of phenolic OH excluding ortho intramolecular Hbond substituents is 2. The van der Waals surface area contributed by atoms with Crippen molar-refractivity contribution in [2.45, 2.75) is 111 Å². The predicted octanol–water partition coefficient (Wildman–Crippen LogP) is 1.93. The third-order valence-electron chi connectivity index (χ3n) is 13.6. The molecule has 9 aliphatic rings. The van der Waals surface area contributed by atoms with Gasteiger partial charge in [0.25, 0.3) is 0 Å². The Morgan fingerprint density at radius 3 is 2.00 bits per heavy atom. The molecule has 10 heteroatoms. The lowest BCUT2D eigenvalue weighted by Crippen LogP contribution is -2.76. The minimum atomic E-state index is -0.962. The molecule has 4 aliphatic heterocycles. The molecule has 2 spiro atoms. The monoisotopic (exact) mass is 628 g/mol. The number of Topliss-reactive ketones (excluding diaryl/α,β-unsaturated/α-hetero) is 2. The number of aromatic hydroxyl groups is 2. The van der Waals surface area contributed by atoms with Gasteiger partial charge in [-0.15, -0.1) is 0 Å². The lowest BCUT2D eigenvalue weighted by molar-refractivity contribution is -0.188. The summed E-state index contributed by atoms with van der Waals surface area (Å²) >= 11 is 0. The van der Waals surface area contributed by atoms with Gasteiger partial charge >= 0.3 is 0 Å². The lowest BCUT2D eigenvalue weighted by Gasteiger charge is -2.62. The van der Waals surface area contributed by atoms with E-state index in [0.29, 0.717) is 50.0 Å². The van der Waals surface area contributed by atoms with E-state index in [0.717, 1.165) is 60.6 Å². The van der Waals surface area contributed by atoms with Crippen molar-refractivity contribution in [3.63, 3.8) is 0 Å². The fourth-order valence-corrected chi connectivity index (χ4v) is 11.5. The smallest absolute Gasteiger partial charge is 0.174 e. The Hall–Kier alpha value is -3.18. The summed E-state index contributed by atoms with van der Waals surface area (Å²) in [5.74, 6) is 1.93. The molecule has 2 aromatic carbocycles. The van der Waals surface area contributed by atoms with E-state index in [-0.39, 0.29) is 35.1 Å². The number of piperidine rings is 2. The molecule has 0 unspecified atom stereocenters. The Balaban J connectivity index is 0.000000121. The molecule has 4 bridgehead atoms. The molecule has 0 amide bonds. The maximum absolute atomic E-state index is 12.7. The van der Waals surface area contributed by atoms with Gasteiger partial charge in [0.1, 0.15) is 0 Å². The van der Waals surface area contributed by atoms with Crippen LogP contribution in [-0.4, -0.2) is 92.0 Å². The number of nitrogens with one attached hydrogen (secondary N) is 1. The third-order valence-corrected chi connectivity index (χ3v) is 13.6. The molecule has 4 heterocycles. The van der Waals surface area contributed by atoms with Crippen molar-refractivity contribution in [3.8, 4) is 23.0 Å². The molecule has 5 N–H and O–H groups in total. The fraction of sp³-hybridized carbons (Fsp3) is 0.611. The number of phenols is 2. The minimum Gasteiger partial charge on any atom is -0.504 e. The number of nitrogens with zero attached hydrogens (tertiary/aromatic N) is 1. The van der Waals surface area contributed by atoms with Crippen molar-refractivity contribution in [1.82, 2.24) is 10.2 Å². The first-order valence-corrected chi connectivity index (χ1v) is 17.1. The van der Waals surface area contributed by atoms with Gasteiger partial charge in [0, 0.05) is 42.6 Å². The zero-order chi connectivity index (χ0) is 31.4. The van der Waals surface area contributed by atoms with Gasteiger partial charge in [0.05, 0.1) is 22.0 Å². The third kappa shape index (κ3) is 3.09. The number of rotatable bonds is 2. The molecule has 242 valence electrons. The van der Waals surface area contributed by atoms with Crippen LogP contribution in [0.25, 0.3) is 0 Å². The molecule has 10 nitrogen and oxygen atoms in total. The Morgan fingerprint density at radius 2 is 1.37 bits per heavy atom. The van der Waals surface area contributed by atoms with Crippen molar-refractivity contribution < 1.29 is 39.5 Å². The minimum absolute atomic E-state index is 0.0452. The van der Waals surface area contributed by atoms with Crippen LogP contribution >= 0.6 is 0 Å². The molecular weight excluding hydrogens is 588 g/mol. The second kappa shape index (κ2) is 8.83. The molecular formula is C36H40N2O8. The molecule has 11 rings (SSSR count). The van der Waals surface area contributed by atoms with E-state index >= 15 is 0 Å². The first-order chi connectivity index (χ1) is 22.1. The Bertz CT molecular complexity index is 1740. The number of carbonyl (C=O) groups is 2. The van der Waals surface area contributed by atoms with E-state index in [2.05, 4.69) is 10.2 Å². The molecule has 0 aromatic heterocycles. The van der Waals surface area contributed by atoms with Crippen LogP contribution < -0.4 is 14.8 Å². The number of carbonyl (C=O) groups excluding carboxylic acids is 2. The van der Waals surface area contributed by atoms with E-state index in [1.807, 2.05) is 12.1 Å². The summed E-state index contributed by atoms with van der Waals surface area (Å²) < 4.78 is 11.9. The van der Waals surface area contributed by atoms with E-state index < -0.39 is 34.2 Å². The summed E-state index contributed by atoms with van der Waals surface area (Å²) in [6.45, 7) is 2.71. The van der Waals surface area contributed by atoms with E-state index in [1.54, 1.807) is 12.1 Å². The summed E-state index contributed by atoms with van der Waals surface area (Å²) in [5, 5.41) is 47.3. The predicted molar refractivity (Wildman–Crippen MR) is 163 cm³/mol. The maximum Gasteiger partial charge on any atom is 0.174 e. The highest BCUT2D eigenvalue weighted by Gasteiger charge is 2.74. The van der Waals surface area contributed by atoms with Gasteiger partial charge in [0.15, 0.2) is 46.8 Å². The van der Waals surface area contributed by atoms with Crippen LogP contribution in [0, 0.1) is 5.92 Å². The molecule has 8 atom stereocenters. The highest BCUT2D eigenvalue weighted by atomic mass is 16.5. The average molecular weight is 629 g/mol. The first kappa shape index (κ1) is 27.9. The molecule has 2 saturated heterocycles. The van der Waals surface area contributed by atoms with Crippen molar-refractivity contribution in [1.29, 1.82) is 0 Å². The second-order valence-corrected chi connectivity index (χ2v) is 15.5. The van der Waals surface area contributed by atoms with Crippen LogP contribution in [-0.2, 0) is 33.3 Å². The summed E-state index contributed by atoms with van der Waals surface area (Å²) in [7, 11) is 0. The quantitative estimate of drug-likeness (QED) is 0.334. The maximum atomic E-state index is 12.7. The number of ketones is 2. The molecule has 46 heavy (non-hydrogen) atoms. The Kier molecular flexibility index (Phi) is 5.36. The molecule has 0 radical (unpaired) electrons. The fourth-order valence-electron chi connectivity index (χ4n) is 11.5. The number of ether oxygens (including phenoxy) is 2. The van der Waals surface area contributed by atoms with Gasteiger partial charge in [-0.1, -0.05) is 12.1 Å². The van der Waals surface area contributed by atoms with Crippen LogP contribution in [0.5, 0.6) is 23.0 Å². The average Bonchev–Trinajstić information content (AvgIpc) is 3.66. The number of hydrogen-bond donors (Lipinski definition) is 5. The largest absolute Gasteiger partial charge is 0.504 e. The second-order valence-electron chi connectivity index (χ2n) is 15.5.